The highest BCUT2D eigenvalue weighted by molar-refractivity contribution is 6.30. The molecule has 2 rings (SSSR count). The molecule has 1 N–H and O–H groups in total. The summed E-state index contributed by atoms with van der Waals surface area (Å²) in [6.45, 7) is 6.88. The molecule has 120 valence electrons. The third-order valence-electron chi connectivity index (χ3n) is 3.57. The van der Waals surface area contributed by atoms with E-state index in [9.17, 15) is 5.11 Å². The van der Waals surface area contributed by atoms with E-state index in [0.717, 1.165) is 11.4 Å². The van der Waals surface area contributed by atoms with Gasteiger partial charge in [0.25, 0.3) is 0 Å². The van der Waals surface area contributed by atoms with Gasteiger partial charge in [-0.05, 0) is 42.4 Å². The first-order valence-corrected chi connectivity index (χ1v) is 7.93. The van der Waals surface area contributed by atoms with Crippen LogP contribution in [0.2, 0.25) is 5.02 Å². The summed E-state index contributed by atoms with van der Waals surface area (Å²) in [6, 6.07) is 7.79. The van der Waals surface area contributed by atoms with Crippen LogP contribution in [-0.2, 0) is 13.0 Å². The fourth-order valence-electron chi connectivity index (χ4n) is 2.85. The van der Waals surface area contributed by atoms with E-state index in [4.69, 9.17) is 11.6 Å². The fourth-order valence-corrected chi connectivity index (χ4v) is 2.98. The smallest absolute Gasteiger partial charge is 0.137 e. The van der Waals surface area contributed by atoms with Crippen LogP contribution in [0.3, 0.4) is 0 Å². The lowest BCUT2D eigenvalue weighted by atomic mass is 9.79. The normalized spacial score (nSPS) is 14.8. The summed E-state index contributed by atoms with van der Waals surface area (Å²) in [5.74, 6) is 0. The first-order chi connectivity index (χ1) is 10.3. The van der Waals surface area contributed by atoms with Gasteiger partial charge in [-0.3, -0.25) is 4.68 Å². The number of benzene rings is 1. The molecule has 2 aromatic rings. The van der Waals surface area contributed by atoms with Crippen molar-refractivity contribution in [3.8, 4) is 0 Å². The predicted molar refractivity (Wildman–Crippen MR) is 88.8 cm³/mol. The van der Waals surface area contributed by atoms with Crippen LogP contribution in [-0.4, -0.2) is 25.5 Å². The highest BCUT2D eigenvalue weighted by atomic mass is 35.5. The molecule has 5 heteroatoms. The molecule has 1 atom stereocenters. The van der Waals surface area contributed by atoms with Crippen molar-refractivity contribution in [1.82, 2.24) is 14.8 Å². The van der Waals surface area contributed by atoms with Gasteiger partial charge in [-0.2, -0.15) is 5.10 Å². The van der Waals surface area contributed by atoms with E-state index in [1.807, 2.05) is 24.3 Å². The molecule has 0 fully saturated rings. The van der Waals surface area contributed by atoms with Crippen molar-refractivity contribution in [1.29, 1.82) is 0 Å². The maximum absolute atomic E-state index is 11.1. The lowest BCUT2D eigenvalue weighted by Crippen LogP contribution is -2.39. The van der Waals surface area contributed by atoms with E-state index in [1.54, 1.807) is 11.0 Å². The second-order valence-corrected chi connectivity index (χ2v) is 7.62. The Labute approximate surface area is 137 Å². The van der Waals surface area contributed by atoms with Crippen LogP contribution in [0.25, 0.3) is 0 Å². The highest BCUT2D eigenvalue weighted by Gasteiger charge is 2.32. The SMILES string of the molecule is CC(C)(C)CC(O)(CCc1ccc(Cl)cc1)Cn1cncn1. The Hall–Kier alpha value is -1.39. The fraction of sp³-hybridized carbons (Fsp3) is 0.529. The van der Waals surface area contributed by atoms with E-state index in [-0.39, 0.29) is 5.41 Å². The molecule has 0 saturated carbocycles. The average Bonchev–Trinajstić information content (AvgIpc) is 2.88. The molecular formula is C17H24ClN3O. The molecule has 22 heavy (non-hydrogen) atoms. The van der Waals surface area contributed by atoms with Crippen molar-refractivity contribution < 1.29 is 5.11 Å². The van der Waals surface area contributed by atoms with Crippen LogP contribution in [0, 0.1) is 5.41 Å². The quantitative estimate of drug-likeness (QED) is 0.882. The Morgan fingerprint density at radius 1 is 1.18 bits per heavy atom. The van der Waals surface area contributed by atoms with Gasteiger partial charge in [0.1, 0.15) is 12.7 Å². The summed E-state index contributed by atoms with van der Waals surface area (Å²) in [7, 11) is 0. The Bertz CT molecular complexity index is 575. The average molecular weight is 322 g/mol. The third-order valence-corrected chi connectivity index (χ3v) is 3.83. The van der Waals surface area contributed by atoms with Crippen LogP contribution in [0.15, 0.2) is 36.9 Å². The van der Waals surface area contributed by atoms with Crippen molar-refractivity contribution in [3.05, 3.63) is 47.5 Å². The summed E-state index contributed by atoms with van der Waals surface area (Å²) in [6.07, 6.45) is 5.32. The zero-order chi connectivity index (χ0) is 16.2. The second-order valence-electron chi connectivity index (χ2n) is 7.18. The molecular weight excluding hydrogens is 298 g/mol. The number of hydrogen-bond donors (Lipinski definition) is 1. The largest absolute Gasteiger partial charge is 0.388 e. The summed E-state index contributed by atoms with van der Waals surface area (Å²) >= 11 is 5.92. The number of hydrogen-bond acceptors (Lipinski definition) is 3. The number of aliphatic hydroxyl groups is 1. The standard InChI is InChI=1S/C17H24ClN3O/c1-16(2,3)10-17(22,11-21-13-19-12-20-21)9-8-14-4-6-15(18)7-5-14/h4-7,12-13,22H,8-11H2,1-3H3. The van der Waals surface area contributed by atoms with Crippen molar-refractivity contribution in [2.75, 3.05) is 0 Å². The first kappa shape index (κ1) is 17.0. The molecule has 0 aliphatic rings. The third kappa shape index (κ3) is 5.43. The minimum absolute atomic E-state index is 0.0370. The van der Waals surface area contributed by atoms with Crippen LogP contribution < -0.4 is 0 Å². The molecule has 1 aromatic heterocycles. The number of aromatic nitrogens is 3. The molecule has 0 bridgehead atoms. The van der Waals surface area contributed by atoms with Crippen molar-refractivity contribution in [2.24, 2.45) is 5.41 Å². The van der Waals surface area contributed by atoms with Crippen LogP contribution in [0.5, 0.6) is 0 Å². The summed E-state index contributed by atoms with van der Waals surface area (Å²) in [5, 5.41) is 16.0. The zero-order valence-electron chi connectivity index (χ0n) is 13.5. The second kappa shape index (κ2) is 6.80. The van der Waals surface area contributed by atoms with E-state index in [2.05, 4.69) is 30.9 Å². The molecule has 0 spiro atoms. The number of nitrogens with zero attached hydrogens (tertiary/aromatic N) is 3. The summed E-state index contributed by atoms with van der Waals surface area (Å²) < 4.78 is 1.70. The molecule has 0 saturated heterocycles. The van der Waals surface area contributed by atoms with Gasteiger partial charge < -0.3 is 5.11 Å². The topological polar surface area (TPSA) is 50.9 Å². The van der Waals surface area contributed by atoms with E-state index in [1.165, 1.54) is 11.9 Å². The lowest BCUT2D eigenvalue weighted by Gasteiger charge is -2.34. The van der Waals surface area contributed by atoms with Crippen molar-refractivity contribution >= 4 is 11.6 Å². The van der Waals surface area contributed by atoms with Gasteiger partial charge in [-0.25, -0.2) is 4.98 Å². The first-order valence-electron chi connectivity index (χ1n) is 7.55. The van der Waals surface area contributed by atoms with E-state index < -0.39 is 5.60 Å². The maximum atomic E-state index is 11.1. The number of aryl methyl sites for hydroxylation is 1. The van der Waals surface area contributed by atoms with Crippen LogP contribution in [0.1, 0.15) is 39.2 Å². The molecule has 4 nitrogen and oxygen atoms in total. The monoisotopic (exact) mass is 321 g/mol. The van der Waals surface area contributed by atoms with Gasteiger partial charge in [0, 0.05) is 5.02 Å². The van der Waals surface area contributed by atoms with Gasteiger partial charge in [0.05, 0.1) is 12.1 Å². The Morgan fingerprint density at radius 2 is 1.86 bits per heavy atom. The number of rotatable bonds is 6. The molecule has 1 aromatic carbocycles. The molecule has 0 radical (unpaired) electrons. The summed E-state index contributed by atoms with van der Waals surface area (Å²) in [4.78, 5) is 3.96. The molecule has 0 amide bonds. The molecule has 1 heterocycles. The van der Waals surface area contributed by atoms with Gasteiger partial charge >= 0.3 is 0 Å². The van der Waals surface area contributed by atoms with Crippen molar-refractivity contribution in [2.45, 2.75) is 52.2 Å². The Balaban J connectivity index is 2.08. The van der Waals surface area contributed by atoms with Gasteiger partial charge in [0.15, 0.2) is 0 Å². The Morgan fingerprint density at radius 3 is 2.41 bits per heavy atom. The van der Waals surface area contributed by atoms with E-state index >= 15 is 0 Å². The van der Waals surface area contributed by atoms with E-state index in [0.29, 0.717) is 19.4 Å². The van der Waals surface area contributed by atoms with Gasteiger partial charge in [-0.1, -0.05) is 44.5 Å². The minimum atomic E-state index is -0.814. The highest BCUT2D eigenvalue weighted by Crippen LogP contribution is 2.32. The van der Waals surface area contributed by atoms with Crippen LogP contribution in [0.4, 0.5) is 0 Å². The number of halogens is 1. The lowest BCUT2D eigenvalue weighted by molar-refractivity contribution is -0.0232. The van der Waals surface area contributed by atoms with Crippen LogP contribution >= 0.6 is 11.6 Å². The predicted octanol–water partition coefficient (Wildman–Crippen LogP) is 3.73. The Kier molecular flexibility index (Phi) is 5.24. The summed E-state index contributed by atoms with van der Waals surface area (Å²) in [5.41, 5.74) is 0.399. The van der Waals surface area contributed by atoms with Crippen molar-refractivity contribution in [3.63, 3.8) is 0 Å². The maximum Gasteiger partial charge on any atom is 0.137 e. The molecule has 1 unspecified atom stereocenters. The molecule has 0 aliphatic carbocycles. The minimum Gasteiger partial charge on any atom is -0.388 e. The van der Waals surface area contributed by atoms with Gasteiger partial charge in [-0.15, -0.1) is 0 Å². The van der Waals surface area contributed by atoms with Gasteiger partial charge in [0.2, 0.25) is 0 Å². The zero-order valence-corrected chi connectivity index (χ0v) is 14.2. The molecule has 0 aliphatic heterocycles.